The number of benzene rings is 4. The molecule has 0 aliphatic carbocycles. The highest BCUT2D eigenvalue weighted by Gasteiger charge is 2.29. The first-order valence-electron chi connectivity index (χ1n) is 12.9. The van der Waals surface area contributed by atoms with Crippen molar-refractivity contribution in [2.45, 2.75) is 11.4 Å². The number of fused-ring (bicyclic) bond motifs is 2. The molecule has 0 spiro atoms. The van der Waals surface area contributed by atoms with Crippen molar-refractivity contribution >= 4 is 55.0 Å². The number of hydrogen-bond acceptors (Lipinski definition) is 6. The maximum Gasteiger partial charge on any atom is 0.266 e. The number of anilines is 1. The largest absolute Gasteiger partial charge is 0.384 e. The minimum absolute atomic E-state index is 0.0423. The van der Waals surface area contributed by atoms with Crippen LogP contribution in [0, 0.1) is 5.41 Å². The van der Waals surface area contributed by atoms with Crippen LogP contribution in [0.4, 0.5) is 5.69 Å². The summed E-state index contributed by atoms with van der Waals surface area (Å²) in [4.78, 5) is 29.5. The second-order valence-electron chi connectivity index (χ2n) is 9.24. The molecule has 1 heterocycles. The zero-order valence-corrected chi connectivity index (χ0v) is 22.4. The molecule has 1 aromatic heterocycles. The molecular weight excluding hydrogens is 540 g/mol. The van der Waals surface area contributed by atoms with Crippen LogP contribution in [0.15, 0.2) is 102 Å². The highest BCUT2D eigenvalue weighted by molar-refractivity contribution is 7.93. The third-order valence-corrected chi connectivity index (χ3v) is 8.36. The summed E-state index contributed by atoms with van der Waals surface area (Å²) < 4.78 is 35.9. The van der Waals surface area contributed by atoms with Crippen LogP contribution in [-0.2, 0) is 21.4 Å². The van der Waals surface area contributed by atoms with Gasteiger partial charge in [0.2, 0.25) is 0 Å². The van der Waals surface area contributed by atoms with E-state index in [4.69, 9.17) is 12.6 Å². The van der Waals surface area contributed by atoms with Crippen LogP contribution in [0.5, 0.6) is 0 Å². The van der Waals surface area contributed by atoms with Gasteiger partial charge in [0.05, 0.1) is 11.2 Å². The number of pyridine rings is 1. The predicted octanol–water partition coefficient (Wildman–Crippen LogP) is 3.61. The molecule has 5 N–H and O–H groups in total. The fraction of sp³-hybridized carbons (Fsp3) is 0.0667. The van der Waals surface area contributed by atoms with Gasteiger partial charge in [-0.15, -0.1) is 0 Å². The van der Waals surface area contributed by atoms with Gasteiger partial charge in [-0.05, 0) is 46.7 Å². The SMILES string of the molecule is [2H][N]C(=O)CN(c1ccc2c(C(=O)NCc3ccc(C(=N)N)cc3)cccc2c1)S(=O)(=O)c1cccc2cccnc12. The number of nitrogens with zero attached hydrogens (tertiary/aromatic N) is 2. The Morgan fingerprint density at radius 1 is 0.951 bits per heavy atom. The molecule has 1 radical (unpaired) electrons. The molecule has 0 fully saturated rings. The molecule has 0 saturated carbocycles. The Morgan fingerprint density at radius 3 is 2.44 bits per heavy atom. The number of sulfonamides is 1. The van der Waals surface area contributed by atoms with E-state index >= 15 is 0 Å². The highest BCUT2D eigenvalue weighted by Crippen LogP contribution is 2.31. The smallest absolute Gasteiger partial charge is 0.266 e. The summed E-state index contributed by atoms with van der Waals surface area (Å²) in [5, 5.41) is 12.1. The molecule has 0 unspecified atom stereocenters. The normalized spacial score (nSPS) is 11.6. The van der Waals surface area contributed by atoms with E-state index in [0.717, 1.165) is 9.87 Å². The van der Waals surface area contributed by atoms with Gasteiger partial charge in [-0.3, -0.25) is 30.0 Å². The lowest BCUT2D eigenvalue weighted by Gasteiger charge is -2.24. The summed E-state index contributed by atoms with van der Waals surface area (Å²) in [5.74, 6) is -1.32. The van der Waals surface area contributed by atoms with E-state index in [-0.39, 0.29) is 34.4 Å². The molecule has 0 bridgehead atoms. The van der Waals surface area contributed by atoms with Crippen molar-refractivity contribution in [2.24, 2.45) is 5.73 Å². The van der Waals surface area contributed by atoms with E-state index in [9.17, 15) is 18.0 Å². The van der Waals surface area contributed by atoms with Crippen LogP contribution in [0.3, 0.4) is 0 Å². The predicted molar refractivity (Wildman–Crippen MR) is 157 cm³/mol. The van der Waals surface area contributed by atoms with Crippen molar-refractivity contribution < 1.29 is 19.4 Å². The Labute approximate surface area is 237 Å². The molecule has 2 amide bonds. The molecule has 0 aliphatic rings. The molecule has 4 aromatic carbocycles. The average molecular weight is 567 g/mol. The van der Waals surface area contributed by atoms with Crippen LogP contribution < -0.4 is 21.1 Å². The lowest BCUT2D eigenvalue weighted by molar-refractivity contribution is -0.117. The number of carbonyl (C=O) groups is 2. The number of amides is 2. The van der Waals surface area contributed by atoms with Crippen molar-refractivity contribution in [3.05, 3.63) is 114 Å². The van der Waals surface area contributed by atoms with Gasteiger partial charge in [0, 0.05) is 29.3 Å². The van der Waals surface area contributed by atoms with Crippen LogP contribution >= 0.6 is 0 Å². The summed E-state index contributed by atoms with van der Waals surface area (Å²) >= 11 is 0. The van der Waals surface area contributed by atoms with E-state index in [0.29, 0.717) is 27.3 Å². The number of para-hydroxylation sites is 1. The van der Waals surface area contributed by atoms with E-state index in [1.165, 1.54) is 18.3 Å². The monoisotopic (exact) mass is 566 g/mol. The molecule has 0 aliphatic heterocycles. The zero-order valence-electron chi connectivity index (χ0n) is 22.6. The lowest BCUT2D eigenvalue weighted by Crippen LogP contribution is -2.36. The zero-order chi connectivity index (χ0) is 29.9. The Kier molecular flexibility index (Phi) is 7.00. The second-order valence-corrected chi connectivity index (χ2v) is 11.1. The first kappa shape index (κ1) is 26.0. The molecule has 205 valence electrons. The van der Waals surface area contributed by atoms with Crippen molar-refractivity contribution in [3.8, 4) is 0 Å². The number of carbonyl (C=O) groups excluding carboxylic acids is 2. The third-order valence-electron chi connectivity index (χ3n) is 6.56. The fourth-order valence-electron chi connectivity index (χ4n) is 4.54. The molecule has 5 rings (SSSR count). The molecular formula is C30H25N6O4S. The quantitative estimate of drug-likeness (QED) is 0.182. The minimum atomic E-state index is -4.32. The highest BCUT2D eigenvalue weighted by atomic mass is 32.2. The molecule has 11 heteroatoms. The fourth-order valence-corrected chi connectivity index (χ4v) is 6.12. The summed E-state index contributed by atoms with van der Waals surface area (Å²) in [7, 11) is -4.32. The van der Waals surface area contributed by atoms with Crippen molar-refractivity contribution in [1.29, 1.82) is 5.41 Å². The molecule has 0 saturated heterocycles. The first-order valence-corrected chi connectivity index (χ1v) is 13.9. The Bertz CT molecular complexity index is 1940. The van der Waals surface area contributed by atoms with Gasteiger partial charge in [-0.1, -0.05) is 60.7 Å². The van der Waals surface area contributed by atoms with Crippen molar-refractivity contribution in [1.82, 2.24) is 16.0 Å². The summed E-state index contributed by atoms with van der Waals surface area (Å²) in [6.45, 7) is -0.446. The average Bonchev–Trinajstić information content (AvgIpc) is 3.01. The number of aromatic nitrogens is 1. The van der Waals surface area contributed by atoms with Gasteiger partial charge in [-0.2, -0.15) is 0 Å². The summed E-state index contributed by atoms with van der Waals surface area (Å²) in [5.41, 5.74) is 10.6. The van der Waals surface area contributed by atoms with Gasteiger partial charge < -0.3 is 11.1 Å². The number of nitrogens with one attached hydrogen (secondary N) is 3. The van der Waals surface area contributed by atoms with E-state index in [1.54, 1.807) is 78.9 Å². The maximum absolute atomic E-state index is 13.9. The Hall–Kier alpha value is -5.29. The van der Waals surface area contributed by atoms with E-state index in [1.807, 2.05) is 0 Å². The Morgan fingerprint density at radius 2 is 1.68 bits per heavy atom. The molecule has 0 atom stereocenters. The number of hydrogen-bond donors (Lipinski definition) is 3. The molecule has 41 heavy (non-hydrogen) atoms. The van der Waals surface area contributed by atoms with Gasteiger partial charge >= 0.3 is 0 Å². The maximum atomic E-state index is 13.9. The molecule has 5 aromatic rings. The van der Waals surface area contributed by atoms with E-state index in [2.05, 4.69) is 16.0 Å². The van der Waals surface area contributed by atoms with Crippen LogP contribution in [0.1, 0.15) is 21.5 Å². The van der Waals surface area contributed by atoms with Crippen molar-refractivity contribution in [3.63, 3.8) is 0 Å². The van der Waals surface area contributed by atoms with Gasteiger partial charge in [0.15, 0.2) is 1.41 Å². The van der Waals surface area contributed by atoms with Gasteiger partial charge in [0.25, 0.3) is 21.8 Å². The van der Waals surface area contributed by atoms with Crippen LogP contribution in [0.25, 0.3) is 21.7 Å². The summed E-state index contributed by atoms with van der Waals surface area (Å²) in [6.07, 6.45) is 1.49. The van der Waals surface area contributed by atoms with Crippen LogP contribution in [0.2, 0.25) is 1.41 Å². The molecule has 10 nitrogen and oxygen atoms in total. The number of rotatable bonds is 9. The van der Waals surface area contributed by atoms with Crippen LogP contribution in [-0.4, -0.2) is 37.6 Å². The number of nitrogens with two attached hydrogens (primary N) is 1. The number of amidine groups is 1. The summed E-state index contributed by atoms with van der Waals surface area (Å²) in [6, 6.07) is 24.9. The second kappa shape index (κ2) is 11.1. The van der Waals surface area contributed by atoms with Crippen molar-refractivity contribution in [2.75, 3.05) is 10.8 Å². The standard InChI is InChI=1S/C30H25N6O4S/c31-27(37)18-36(41(39,40)26-8-2-4-20-6-3-15-34-28(20)26)23-13-14-24-22(16-23)5-1-7-25(24)30(38)35-17-19-9-11-21(12-10-19)29(32)33/h1-16,31H,17-18H2,(H3,32,33)(H,35,38)/i31D. The minimum Gasteiger partial charge on any atom is -0.384 e. The third kappa shape index (κ3) is 5.56. The van der Waals surface area contributed by atoms with E-state index < -0.39 is 22.5 Å². The topological polar surface area (TPSA) is 170 Å². The number of nitrogen functional groups attached to an aromatic ring is 1. The Balaban J connectivity index is 1.48. The van der Waals surface area contributed by atoms with Gasteiger partial charge in [0.1, 0.15) is 17.3 Å². The first-order chi connectivity index (χ1) is 20.2. The van der Waals surface area contributed by atoms with Gasteiger partial charge in [-0.25, -0.2) is 8.42 Å². The lowest BCUT2D eigenvalue weighted by atomic mass is 10.0.